The lowest BCUT2D eigenvalue weighted by atomic mass is 9.87. The van der Waals surface area contributed by atoms with Crippen LogP contribution < -0.4 is 5.32 Å². The molecule has 1 N–H and O–H groups in total. The molecule has 2 aliphatic carbocycles. The van der Waals surface area contributed by atoms with Crippen molar-refractivity contribution < 1.29 is 0 Å². The maximum absolute atomic E-state index is 4.94. The maximum atomic E-state index is 4.94. The van der Waals surface area contributed by atoms with Gasteiger partial charge in [0.05, 0.1) is 17.4 Å². The second kappa shape index (κ2) is 5.51. The largest absolute Gasteiger partial charge is 0.317 e. The zero-order valence-electron chi connectivity index (χ0n) is 13.4. The van der Waals surface area contributed by atoms with Crippen LogP contribution in [0.1, 0.15) is 56.0 Å². The minimum absolute atomic E-state index is 0.554. The van der Waals surface area contributed by atoms with Gasteiger partial charge in [-0.2, -0.15) is 5.10 Å². The lowest BCUT2D eigenvalue weighted by molar-refractivity contribution is 0.219. The van der Waals surface area contributed by atoms with Crippen molar-refractivity contribution in [1.29, 1.82) is 0 Å². The van der Waals surface area contributed by atoms with E-state index >= 15 is 0 Å². The van der Waals surface area contributed by atoms with Crippen LogP contribution >= 0.6 is 0 Å². The standard InChI is InChI=1S/C18H24N4/c1-3-13-5-4-6-17(20-13)16-11-22(15-9-14(10-15)19-2)21-18(16)12-7-8-12/h4-6,11-12,14-15,19H,3,7-10H2,1-2H3. The summed E-state index contributed by atoms with van der Waals surface area (Å²) in [4.78, 5) is 4.81. The van der Waals surface area contributed by atoms with Crippen molar-refractivity contribution >= 4 is 0 Å². The average molecular weight is 296 g/mol. The number of nitrogens with zero attached hydrogens (tertiary/aromatic N) is 3. The maximum Gasteiger partial charge on any atom is 0.0749 e. The van der Waals surface area contributed by atoms with Gasteiger partial charge in [0.1, 0.15) is 0 Å². The Morgan fingerprint density at radius 3 is 2.77 bits per heavy atom. The molecule has 116 valence electrons. The molecule has 0 aromatic carbocycles. The Labute approximate surface area is 132 Å². The molecule has 0 amide bonds. The molecule has 4 nitrogen and oxygen atoms in total. The highest BCUT2D eigenvalue weighted by Crippen LogP contribution is 2.44. The first kappa shape index (κ1) is 13.9. The summed E-state index contributed by atoms with van der Waals surface area (Å²) in [6.45, 7) is 2.16. The van der Waals surface area contributed by atoms with Gasteiger partial charge in [0, 0.05) is 29.4 Å². The van der Waals surface area contributed by atoms with Gasteiger partial charge in [-0.1, -0.05) is 13.0 Å². The third kappa shape index (κ3) is 2.45. The normalized spacial score (nSPS) is 24.3. The topological polar surface area (TPSA) is 42.7 Å². The molecule has 0 atom stereocenters. The summed E-state index contributed by atoms with van der Waals surface area (Å²) in [7, 11) is 2.05. The summed E-state index contributed by atoms with van der Waals surface area (Å²) >= 11 is 0. The molecule has 4 heteroatoms. The number of rotatable bonds is 5. The van der Waals surface area contributed by atoms with Crippen molar-refractivity contribution in [2.45, 2.75) is 57.0 Å². The predicted molar refractivity (Wildman–Crippen MR) is 87.9 cm³/mol. The summed E-state index contributed by atoms with van der Waals surface area (Å²) < 4.78 is 2.21. The molecule has 0 aliphatic heterocycles. The third-order valence-corrected chi connectivity index (χ3v) is 5.07. The van der Waals surface area contributed by atoms with E-state index in [9.17, 15) is 0 Å². The molecule has 2 aliphatic rings. The lowest BCUT2D eigenvalue weighted by Crippen LogP contribution is -2.40. The van der Waals surface area contributed by atoms with Crippen LogP contribution in [0.25, 0.3) is 11.3 Å². The Balaban J connectivity index is 1.67. The van der Waals surface area contributed by atoms with Crippen LogP contribution in [0.2, 0.25) is 0 Å². The first-order valence-electron chi connectivity index (χ1n) is 8.51. The van der Waals surface area contributed by atoms with E-state index in [2.05, 4.69) is 41.3 Å². The fraction of sp³-hybridized carbons (Fsp3) is 0.556. The molecule has 0 saturated heterocycles. The number of nitrogens with one attached hydrogen (secondary N) is 1. The summed E-state index contributed by atoms with van der Waals surface area (Å²) in [5, 5.41) is 8.29. The zero-order valence-corrected chi connectivity index (χ0v) is 13.4. The smallest absolute Gasteiger partial charge is 0.0749 e. The van der Waals surface area contributed by atoms with Gasteiger partial charge >= 0.3 is 0 Å². The molecule has 2 aromatic heterocycles. The number of pyridine rings is 1. The zero-order chi connectivity index (χ0) is 15.1. The Kier molecular flexibility index (Phi) is 3.49. The van der Waals surface area contributed by atoms with Gasteiger partial charge in [-0.15, -0.1) is 0 Å². The van der Waals surface area contributed by atoms with Crippen LogP contribution in [-0.4, -0.2) is 27.9 Å². The Morgan fingerprint density at radius 2 is 2.09 bits per heavy atom. The summed E-state index contributed by atoms with van der Waals surface area (Å²) in [6.07, 6.45) is 8.15. The van der Waals surface area contributed by atoms with E-state index in [4.69, 9.17) is 10.1 Å². The quantitative estimate of drug-likeness (QED) is 0.920. The SMILES string of the molecule is CCc1cccc(-c2cn(C3CC(NC)C3)nc2C2CC2)n1. The Morgan fingerprint density at radius 1 is 1.27 bits per heavy atom. The molecule has 2 aromatic rings. The van der Waals surface area contributed by atoms with E-state index in [1.807, 2.05) is 7.05 Å². The molecule has 2 saturated carbocycles. The van der Waals surface area contributed by atoms with E-state index in [1.54, 1.807) is 0 Å². The van der Waals surface area contributed by atoms with Crippen LogP contribution in [0, 0.1) is 0 Å². The number of hydrogen-bond donors (Lipinski definition) is 1. The van der Waals surface area contributed by atoms with Crippen LogP contribution in [0.3, 0.4) is 0 Å². The molecule has 2 fully saturated rings. The fourth-order valence-corrected chi connectivity index (χ4v) is 3.31. The van der Waals surface area contributed by atoms with Gasteiger partial charge in [-0.05, 0) is 51.3 Å². The van der Waals surface area contributed by atoms with Crippen LogP contribution in [0.4, 0.5) is 0 Å². The minimum Gasteiger partial charge on any atom is -0.317 e. The summed E-state index contributed by atoms with van der Waals surface area (Å²) in [5.74, 6) is 0.656. The van der Waals surface area contributed by atoms with Gasteiger partial charge in [-0.25, -0.2) is 0 Å². The van der Waals surface area contributed by atoms with E-state index in [1.165, 1.54) is 36.9 Å². The molecule has 4 rings (SSSR count). The average Bonchev–Trinajstić information content (AvgIpc) is 3.26. The van der Waals surface area contributed by atoms with Crippen molar-refractivity contribution in [3.8, 4) is 11.3 Å². The number of aryl methyl sites for hydroxylation is 1. The van der Waals surface area contributed by atoms with Crippen molar-refractivity contribution in [2.75, 3.05) is 7.05 Å². The molecule has 0 bridgehead atoms. The monoisotopic (exact) mass is 296 g/mol. The van der Waals surface area contributed by atoms with E-state index < -0.39 is 0 Å². The molecule has 0 radical (unpaired) electrons. The molecule has 0 spiro atoms. The van der Waals surface area contributed by atoms with Gasteiger partial charge in [0.2, 0.25) is 0 Å². The molecule has 22 heavy (non-hydrogen) atoms. The van der Waals surface area contributed by atoms with E-state index in [-0.39, 0.29) is 0 Å². The van der Waals surface area contributed by atoms with Gasteiger partial charge in [0.25, 0.3) is 0 Å². The van der Waals surface area contributed by atoms with Gasteiger partial charge in [-0.3, -0.25) is 9.67 Å². The molecule has 0 unspecified atom stereocenters. The van der Waals surface area contributed by atoms with Crippen molar-refractivity contribution in [1.82, 2.24) is 20.1 Å². The Bertz CT molecular complexity index is 665. The first-order valence-corrected chi connectivity index (χ1v) is 8.51. The van der Waals surface area contributed by atoms with Gasteiger partial charge in [0.15, 0.2) is 0 Å². The fourth-order valence-electron chi connectivity index (χ4n) is 3.31. The highest BCUT2D eigenvalue weighted by atomic mass is 15.3. The number of aromatic nitrogens is 3. The molecule has 2 heterocycles. The van der Waals surface area contributed by atoms with Crippen molar-refractivity contribution in [3.05, 3.63) is 35.8 Å². The summed E-state index contributed by atoms with van der Waals surface area (Å²) in [5.41, 5.74) is 4.78. The first-order chi connectivity index (χ1) is 10.8. The summed E-state index contributed by atoms with van der Waals surface area (Å²) in [6, 6.07) is 7.56. The number of hydrogen-bond acceptors (Lipinski definition) is 3. The second-order valence-electron chi connectivity index (χ2n) is 6.66. The highest BCUT2D eigenvalue weighted by Gasteiger charge is 2.34. The van der Waals surface area contributed by atoms with Crippen LogP contribution in [-0.2, 0) is 6.42 Å². The predicted octanol–water partition coefficient (Wildman–Crippen LogP) is 3.31. The van der Waals surface area contributed by atoms with Crippen molar-refractivity contribution in [3.63, 3.8) is 0 Å². The second-order valence-corrected chi connectivity index (χ2v) is 6.66. The van der Waals surface area contributed by atoms with E-state index in [0.29, 0.717) is 18.0 Å². The third-order valence-electron chi connectivity index (χ3n) is 5.07. The van der Waals surface area contributed by atoms with Gasteiger partial charge < -0.3 is 5.32 Å². The lowest BCUT2D eigenvalue weighted by Gasteiger charge is -2.35. The van der Waals surface area contributed by atoms with E-state index in [0.717, 1.165) is 17.8 Å². The van der Waals surface area contributed by atoms with Crippen molar-refractivity contribution in [2.24, 2.45) is 0 Å². The highest BCUT2D eigenvalue weighted by molar-refractivity contribution is 5.63. The molecular weight excluding hydrogens is 272 g/mol. The van der Waals surface area contributed by atoms with Crippen LogP contribution in [0.5, 0.6) is 0 Å². The Hall–Kier alpha value is -1.68. The molecular formula is C18H24N4. The van der Waals surface area contributed by atoms with Crippen LogP contribution in [0.15, 0.2) is 24.4 Å². The minimum atomic E-state index is 0.554.